The van der Waals surface area contributed by atoms with E-state index in [1.54, 1.807) is 12.1 Å². The number of sulfonamides is 1. The molecule has 4 nitrogen and oxygen atoms in total. The monoisotopic (exact) mass is 267 g/mol. The van der Waals surface area contributed by atoms with Gasteiger partial charge in [0.25, 0.3) is 0 Å². The van der Waals surface area contributed by atoms with Crippen molar-refractivity contribution in [3.05, 3.63) is 29.3 Å². The van der Waals surface area contributed by atoms with Gasteiger partial charge in [0, 0.05) is 12.3 Å². The first kappa shape index (κ1) is 13.2. The third kappa shape index (κ3) is 3.17. The third-order valence-corrected chi connectivity index (χ3v) is 4.21. The Hall–Kier alpha value is -1.20. The minimum absolute atomic E-state index is 0.136. The van der Waals surface area contributed by atoms with Crippen LogP contribution in [0.4, 0.5) is 0 Å². The van der Waals surface area contributed by atoms with Crippen molar-refractivity contribution in [3.8, 4) is 0 Å². The van der Waals surface area contributed by atoms with Crippen LogP contribution in [-0.2, 0) is 21.2 Å². The number of Topliss-reactive ketones (excluding diaryl/α,β-unsaturated/α-hetero) is 1. The number of rotatable bonds is 5. The Balaban J connectivity index is 2.19. The number of nitrogens with two attached hydrogens (primary N) is 1. The Kier molecular flexibility index (Phi) is 3.54. The summed E-state index contributed by atoms with van der Waals surface area (Å²) in [5.41, 5.74) is 1.61. The Morgan fingerprint density at radius 3 is 2.61 bits per heavy atom. The Labute approximate surface area is 107 Å². The second-order valence-electron chi connectivity index (χ2n) is 4.90. The number of hydrogen-bond acceptors (Lipinski definition) is 3. The average molecular weight is 267 g/mol. The number of primary sulfonamides is 1. The molecule has 0 aromatic heterocycles. The molecule has 0 saturated heterocycles. The van der Waals surface area contributed by atoms with Crippen LogP contribution < -0.4 is 5.14 Å². The molecule has 2 N–H and O–H groups in total. The van der Waals surface area contributed by atoms with Crippen LogP contribution >= 0.6 is 0 Å². The fourth-order valence-corrected chi connectivity index (χ4v) is 2.83. The molecule has 1 saturated carbocycles. The highest BCUT2D eigenvalue weighted by molar-refractivity contribution is 7.89. The number of carbonyl (C=O) groups is 1. The van der Waals surface area contributed by atoms with Crippen LogP contribution in [0.1, 0.15) is 30.4 Å². The Morgan fingerprint density at radius 1 is 1.39 bits per heavy atom. The van der Waals surface area contributed by atoms with Gasteiger partial charge in [0.15, 0.2) is 0 Å². The third-order valence-electron chi connectivity index (χ3n) is 3.20. The molecule has 1 aromatic rings. The van der Waals surface area contributed by atoms with E-state index in [4.69, 9.17) is 5.14 Å². The van der Waals surface area contributed by atoms with E-state index in [9.17, 15) is 13.2 Å². The molecule has 1 aliphatic rings. The fraction of sp³-hybridized carbons (Fsp3) is 0.462. The molecular weight excluding hydrogens is 250 g/mol. The second kappa shape index (κ2) is 4.82. The molecule has 1 fully saturated rings. The van der Waals surface area contributed by atoms with Gasteiger partial charge in [-0.15, -0.1) is 0 Å². The first-order chi connectivity index (χ1) is 8.38. The minimum Gasteiger partial charge on any atom is -0.299 e. The Morgan fingerprint density at radius 2 is 2.06 bits per heavy atom. The molecule has 1 aromatic carbocycles. The number of carbonyl (C=O) groups excluding carboxylic acids is 1. The number of aryl methyl sites for hydroxylation is 2. The summed E-state index contributed by atoms with van der Waals surface area (Å²) >= 11 is 0. The van der Waals surface area contributed by atoms with Crippen LogP contribution in [-0.4, -0.2) is 14.2 Å². The van der Waals surface area contributed by atoms with Crippen molar-refractivity contribution in [2.75, 3.05) is 0 Å². The number of hydrogen-bond donors (Lipinski definition) is 1. The van der Waals surface area contributed by atoms with Gasteiger partial charge < -0.3 is 0 Å². The van der Waals surface area contributed by atoms with Crippen LogP contribution in [0.3, 0.4) is 0 Å². The minimum atomic E-state index is -3.71. The van der Waals surface area contributed by atoms with Gasteiger partial charge in [-0.3, -0.25) is 4.79 Å². The summed E-state index contributed by atoms with van der Waals surface area (Å²) in [5, 5.41) is 5.17. The van der Waals surface area contributed by atoms with E-state index in [1.165, 1.54) is 6.07 Å². The van der Waals surface area contributed by atoms with E-state index in [1.807, 2.05) is 6.92 Å². The summed E-state index contributed by atoms with van der Waals surface area (Å²) in [5.74, 6) is 0.449. The molecule has 1 aliphatic carbocycles. The maximum Gasteiger partial charge on any atom is 0.238 e. The van der Waals surface area contributed by atoms with Crippen LogP contribution in [0, 0.1) is 12.8 Å². The van der Waals surface area contributed by atoms with Crippen molar-refractivity contribution in [3.63, 3.8) is 0 Å². The van der Waals surface area contributed by atoms with Crippen LogP contribution in [0.25, 0.3) is 0 Å². The van der Waals surface area contributed by atoms with Crippen molar-refractivity contribution in [2.45, 2.75) is 37.5 Å². The lowest BCUT2D eigenvalue weighted by Gasteiger charge is -2.08. The molecule has 0 radical (unpaired) electrons. The molecule has 18 heavy (non-hydrogen) atoms. The average Bonchev–Trinajstić information content (AvgIpc) is 3.07. The van der Waals surface area contributed by atoms with E-state index in [-0.39, 0.29) is 16.6 Å². The van der Waals surface area contributed by atoms with E-state index in [0.29, 0.717) is 18.4 Å². The summed E-state index contributed by atoms with van der Waals surface area (Å²) in [6.45, 7) is 1.89. The highest BCUT2D eigenvalue weighted by Gasteiger charge is 2.29. The predicted molar refractivity (Wildman–Crippen MR) is 68.6 cm³/mol. The van der Waals surface area contributed by atoms with Gasteiger partial charge in [-0.25, -0.2) is 13.6 Å². The quantitative estimate of drug-likeness (QED) is 0.879. The zero-order valence-electron chi connectivity index (χ0n) is 10.3. The molecule has 98 valence electrons. The van der Waals surface area contributed by atoms with Gasteiger partial charge >= 0.3 is 0 Å². The zero-order valence-corrected chi connectivity index (χ0v) is 11.2. The smallest absolute Gasteiger partial charge is 0.238 e. The van der Waals surface area contributed by atoms with Crippen molar-refractivity contribution in [2.24, 2.45) is 11.1 Å². The van der Waals surface area contributed by atoms with Gasteiger partial charge in [0.2, 0.25) is 10.0 Å². The zero-order chi connectivity index (χ0) is 13.3. The maximum absolute atomic E-state index is 11.6. The molecule has 0 atom stereocenters. The SMILES string of the molecule is Cc1ccc(S(N)(=O)=O)c(CCC(=O)C2CC2)c1. The predicted octanol–water partition coefficient (Wildman–Crippen LogP) is 1.55. The Bertz CT molecular complexity index is 574. The molecule has 0 bridgehead atoms. The van der Waals surface area contributed by atoms with Gasteiger partial charge in [-0.05, 0) is 37.8 Å². The molecule has 0 amide bonds. The summed E-state index contributed by atoms with van der Waals surface area (Å²) in [6, 6.07) is 5.02. The van der Waals surface area contributed by atoms with E-state index in [2.05, 4.69) is 0 Å². The van der Waals surface area contributed by atoms with Crippen LogP contribution in [0.5, 0.6) is 0 Å². The van der Waals surface area contributed by atoms with Crippen LogP contribution in [0.2, 0.25) is 0 Å². The van der Waals surface area contributed by atoms with E-state index in [0.717, 1.165) is 18.4 Å². The normalized spacial score (nSPS) is 15.7. The first-order valence-electron chi connectivity index (χ1n) is 6.03. The number of ketones is 1. The summed E-state index contributed by atoms with van der Waals surface area (Å²) in [6.07, 6.45) is 2.81. The van der Waals surface area contributed by atoms with Crippen molar-refractivity contribution >= 4 is 15.8 Å². The van der Waals surface area contributed by atoms with Crippen LogP contribution in [0.15, 0.2) is 23.1 Å². The van der Waals surface area contributed by atoms with E-state index >= 15 is 0 Å². The fourth-order valence-electron chi connectivity index (χ4n) is 2.05. The molecule has 0 aliphatic heterocycles. The standard InChI is InChI=1S/C13H17NO3S/c1-9-2-7-13(18(14,16)17)11(8-9)5-6-12(15)10-3-4-10/h2,7-8,10H,3-6H2,1H3,(H2,14,16,17). The molecule has 5 heteroatoms. The largest absolute Gasteiger partial charge is 0.299 e. The lowest BCUT2D eigenvalue weighted by atomic mass is 10.0. The van der Waals surface area contributed by atoms with Gasteiger partial charge in [0.05, 0.1) is 4.90 Å². The second-order valence-corrected chi connectivity index (χ2v) is 6.43. The van der Waals surface area contributed by atoms with Crippen molar-refractivity contribution in [1.29, 1.82) is 0 Å². The highest BCUT2D eigenvalue weighted by atomic mass is 32.2. The van der Waals surface area contributed by atoms with Crippen molar-refractivity contribution in [1.82, 2.24) is 0 Å². The van der Waals surface area contributed by atoms with Gasteiger partial charge in [-0.1, -0.05) is 17.7 Å². The maximum atomic E-state index is 11.6. The van der Waals surface area contributed by atoms with Crippen molar-refractivity contribution < 1.29 is 13.2 Å². The van der Waals surface area contributed by atoms with E-state index < -0.39 is 10.0 Å². The highest BCUT2D eigenvalue weighted by Crippen LogP contribution is 2.31. The molecule has 0 unspecified atom stereocenters. The lowest BCUT2D eigenvalue weighted by molar-refractivity contribution is -0.120. The molecular formula is C13H17NO3S. The summed E-state index contributed by atoms with van der Waals surface area (Å²) in [7, 11) is -3.71. The summed E-state index contributed by atoms with van der Waals surface area (Å²) < 4.78 is 22.9. The lowest BCUT2D eigenvalue weighted by Crippen LogP contribution is -2.15. The summed E-state index contributed by atoms with van der Waals surface area (Å²) in [4.78, 5) is 11.8. The molecule has 0 spiro atoms. The number of benzene rings is 1. The first-order valence-corrected chi connectivity index (χ1v) is 7.57. The van der Waals surface area contributed by atoms with Gasteiger partial charge in [0.1, 0.15) is 5.78 Å². The molecule has 2 rings (SSSR count). The topological polar surface area (TPSA) is 77.2 Å². The van der Waals surface area contributed by atoms with Gasteiger partial charge in [-0.2, -0.15) is 0 Å². The molecule has 0 heterocycles.